The molecule has 1 rings (SSSR count). The molecule has 0 atom stereocenters. The van der Waals surface area contributed by atoms with Crippen molar-refractivity contribution < 1.29 is 8.85 Å². The zero-order valence-corrected chi connectivity index (χ0v) is 6.16. The molecule has 0 aliphatic rings. The number of hydrogen-bond acceptors (Lipinski definition) is 1. The van der Waals surface area contributed by atoms with Crippen LogP contribution >= 0.6 is 0 Å². The summed E-state index contributed by atoms with van der Waals surface area (Å²) in [6.45, 7) is 0.103. The van der Waals surface area contributed by atoms with Crippen LogP contribution in [0.3, 0.4) is 0 Å². The van der Waals surface area contributed by atoms with E-state index in [-0.39, 0.29) is 6.61 Å². The van der Waals surface area contributed by atoms with Crippen molar-refractivity contribution in [2.75, 3.05) is 13.6 Å². The van der Waals surface area contributed by atoms with Gasteiger partial charge in [0.25, 0.3) is 0 Å². The predicted octanol–water partition coefficient (Wildman–Crippen LogP) is 2.35. The second kappa shape index (κ2) is 4.69. The number of benzene rings is 1. The average molecular weight is 151 g/mol. The standard InChI is InChI=1S/C10H12O/c1-11-9-5-8-10-6-3-2-4-7-10/h2-8H,9H2,1H3/b8-5+/i1D3. The molecule has 0 bridgehead atoms. The van der Waals surface area contributed by atoms with Crippen LogP contribution in [-0.4, -0.2) is 13.6 Å². The van der Waals surface area contributed by atoms with Crippen LogP contribution < -0.4 is 0 Å². The normalized spacial score (nSPS) is 15.8. The second-order valence-electron chi connectivity index (χ2n) is 2.12. The molecular weight excluding hydrogens is 136 g/mol. The summed E-state index contributed by atoms with van der Waals surface area (Å²) in [6, 6.07) is 9.64. The first-order valence-corrected chi connectivity index (χ1v) is 3.43. The summed E-state index contributed by atoms with van der Waals surface area (Å²) in [4.78, 5) is 0. The minimum atomic E-state index is -2.30. The van der Waals surface area contributed by atoms with Crippen LogP contribution in [0.5, 0.6) is 0 Å². The van der Waals surface area contributed by atoms with Crippen LogP contribution in [0.15, 0.2) is 36.4 Å². The first kappa shape index (κ1) is 4.73. The van der Waals surface area contributed by atoms with Gasteiger partial charge in [0, 0.05) is 7.04 Å². The zero-order chi connectivity index (χ0) is 10.4. The number of methoxy groups -OCH3 is 1. The Hall–Kier alpha value is -1.08. The molecule has 0 radical (unpaired) electrons. The third-order valence-corrected chi connectivity index (χ3v) is 1.29. The van der Waals surface area contributed by atoms with E-state index in [0.717, 1.165) is 5.56 Å². The van der Waals surface area contributed by atoms with E-state index in [0.29, 0.717) is 0 Å². The van der Waals surface area contributed by atoms with Crippen molar-refractivity contribution in [1.82, 2.24) is 0 Å². The van der Waals surface area contributed by atoms with Crippen LogP contribution in [0.4, 0.5) is 0 Å². The Morgan fingerprint density at radius 1 is 1.45 bits per heavy atom. The molecule has 58 valence electrons. The molecule has 11 heavy (non-hydrogen) atoms. The lowest BCUT2D eigenvalue weighted by atomic mass is 10.2. The molecular formula is C10H12O. The Kier molecular flexibility index (Phi) is 2.02. The van der Waals surface area contributed by atoms with E-state index in [4.69, 9.17) is 4.11 Å². The lowest BCUT2D eigenvalue weighted by Crippen LogP contribution is -1.79. The summed E-state index contributed by atoms with van der Waals surface area (Å²) in [5.41, 5.74) is 1.03. The maximum absolute atomic E-state index is 6.79. The van der Waals surface area contributed by atoms with Gasteiger partial charge in [-0.3, -0.25) is 0 Å². The van der Waals surface area contributed by atoms with E-state index in [1.165, 1.54) is 0 Å². The Morgan fingerprint density at radius 2 is 2.27 bits per heavy atom. The Balaban J connectivity index is 2.35. The summed E-state index contributed by atoms with van der Waals surface area (Å²) in [5.74, 6) is 0. The lowest BCUT2D eigenvalue weighted by molar-refractivity contribution is 0.234. The Morgan fingerprint density at radius 3 is 3.00 bits per heavy atom. The van der Waals surface area contributed by atoms with Gasteiger partial charge < -0.3 is 4.74 Å². The summed E-state index contributed by atoms with van der Waals surface area (Å²) in [6.07, 6.45) is 3.51. The molecule has 0 saturated carbocycles. The van der Waals surface area contributed by atoms with Gasteiger partial charge in [-0.15, -0.1) is 0 Å². The van der Waals surface area contributed by atoms with E-state index in [1.807, 2.05) is 36.4 Å². The first-order chi connectivity index (χ1) is 6.58. The monoisotopic (exact) mass is 151 g/mol. The van der Waals surface area contributed by atoms with Crippen molar-refractivity contribution >= 4 is 6.08 Å². The fourth-order valence-corrected chi connectivity index (χ4v) is 0.796. The molecule has 0 spiro atoms. The van der Waals surface area contributed by atoms with Gasteiger partial charge in [-0.1, -0.05) is 42.5 Å². The lowest BCUT2D eigenvalue weighted by Gasteiger charge is -1.90. The van der Waals surface area contributed by atoms with Crippen LogP contribution in [0.1, 0.15) is 9.68 Å². The average Bonchev–Trinajstić information content (AvgIpc) is 2.13. The number of hydrogen-bond donors (Lipinski definition) is 0. The van der Waals surface area contributed by atoms with Crippen LogP contribution in [0, 0.1) is 0 Å². The summed E-state index contributed by atoms with van der Waals surface area (Å²) in [5, 5.41) is 0. The van der Waals surface area contributed by atoms with Gasteiger partial charge in [-0.05, 0) is 5.56 Å². The maximum atomic E-state index is 6.79. The van der Waals surface area contributed by atoms with Gasteiger partial charge in [-0.2, -0.15) is 0 Å². The Labute approximate surface area is 71.5 Å². The van der Waals surface area contributed by atoms with Gasteiger partial charge in [0.1, 0.15) is 0 Å². The first-order valence-electron chi connectivity index (χ1n) is 4.93. The van der Waals surface area contributed by atoms with E-state index in [9.17, 15) is 0 Å². The largest absolute Gasteiger partial charge is 0.381 e. The molecule has 0 amide bonds. The SMILES string of the molecule is [2H]C([2H])([2H])OC/C=C/c1ccccc1. The third kappa shape index (κ3) is 3.01. The van der Waals surface area contributed by atoms with Gasteiger partial charge >= 0.3 is 0 Å². The van der Waals surface area contributed by atoms with E-state index in [2.05, 4.69) is 4.74 Å². The highest BCUT2D eigenvalue weighted by molar-refractivity contribution is 5.48. The van der Waals surface area contributed by atoms with Crippen molar-refractivity contribution in [3.63, 3.8) is 0 Å². The summed E-state index contributed by atoms with van der Waals surface area (Å²) < 4.78 is 24.9. The van der Waals surface area contributed by atoms with E-state index >= 15 is 0 Å². The van der Waals surface area contributed by atoms with Gasteiger partial charge in [-0.25, -0.2) is 0 Å². The molecule has 0 unspecified atom stereocenters. The van der Waals surface area contributed by atoms with Crippen molar-refractivity contribution in [2.24, 2.45) is 0 Å². The molecule has 0 aliphatic carbocycles. The van der Waals surface area contributed by atoms with Crippen molar-refractivity contribution in [1.29, 1.82) is 0 Å². The molecule has 0 aromatic heterocycles. The van der Waals surface area contributed by atoms with Crippen molar-refractivity contribution in [2.45, 2.75) is 0 Å². The topological polar surface area (TPSA) is 9.23 Å². The Bertz CT molecular complexity index is 290. The minimum Gasteiger partial charge on any atom is -0.381 e. The molecule has 0 fully saturated rings. The highest BCUT2D eigenvalue weighted by atomic mass is 16.5. The molecule has 0 heterocycles. The van der Waals surface area contributed by atoms with Crippen LogP contribution in [-0.2, 0) is 4.74 Å². The van der Waals surface area contributed by atoms with Gasteiger partial charge in [0.05, 0.1) is 10.7 Å². The summed E-state index contributed by atoms with van der Waals surface area (Å²) >= 11 is 0. The van der Waals surface area contributed by atoms with Gasteiger partial charge in [0.15, 0.2) is 0 Å². The van der Waals surface area contributed by atoms with Crippen LogP contribution in [0.2, 0.25) is 0 Å². The summed E-state index contributed by atoms with van der Waals surface area (Å²) in [7, 11) is -2.30. The number of rotatable bonds is 3. The predicted molar refractivity (Wildman–Crippen MR) is 47.4 cm³/mol. The fraction of sp³-hybridized carbons (Fsp3) is 0.200. The van der Waals surface area contributed by atoms with Crippen molar-refractivity contribution in [3.05, 3.63) is 42.0 Å². The zero-order valence-electron chi connectivity index (χ0n) is 9.16. The number of ether oxygens (including phenoxy) is 1. The quantitative estimate of drug-likeness (QED) is 0.644. The minimum absolute atomic E-state index is 0.103. The highest BCUT2D eigenvalue weighted by Gasteiger charge is 1.80. The van der Waals surface area contributed by atoms with E-state index < -0.39 is 7.04 Å². The molecule has 0 aliphatic heterocycles. The smallest absolute Gasteiger partial charge is 0.0646 e. The molecule has 1 aromatic carbocycles. The molecule has 1 heteroatoms. The molecule has 0 N–H and O–H groups in total. The van der Waals surface area contributed by atoms with Crippen LogP contribution in [0.25, 0.3) is 6.08 Å². The second-order valence-corrected chi connectivity index (χ2v) is 2.12. The molecule has 1 nitrogen and oxygen atoms in total. The van der Waals surface area contributed by atoms with Gasteiger partial charge in [0.2, 0.25) is 0 Å². The fourth-order valence-electron chi connectivity index (χ4n) is 0.796. The highest BCUT2D eigenvalue weighted by Crippen LogP contribution is 1.99. The molecule has 0 saturated heterocycles. The third-order valence-electron chi connectivity index (χ3n) is 1.29. The van der Waals surface area contributed by atoms with E-state index in [1.54, 1.807) is 6.08 Å². The molecule has 1 aromatic rings. The maximum Gasteiger partial charge on any atom is 0.0646 e. The van der Waals surface area contributed by atoms with Crippen molar-refractivity contribution in [3.8, 4) is 0 Å².